The number of likely N-dealkylation sites (N-methyl/N-ethyl adjacent to an activating group) is 1. The van der Waals surface area contributed by atoms with Gasteiger partial charge in [-0.1, -0.05) is 27.7 Å². The first-order valence-corrected chi connectivity index (χ1v) is 15.5. The summed E-state index contributed by atoms with van der Waals surface area (Å²) in [5, 5.41) is 33.7. The Morgan fingerprint density at radius 2 is 1.81 bits per heavy atom. The molecule has 3 aliphatic rings. The molecule has 0 spiro atoms. The number of carbonyl (C=O) groups is 2. The standard InChI is InChI=1S/C31H55NO10/c1-12-22(34)31(9,37)27-19(6)24-15(2)14-30(8,42-24)26(17(4)23(35)18(5)28(36)40-27)41-29-25(39-20(7)33)21(32(10)11)13-16(3)38-29/h15-19,21-27,29,34-35,37H,12-14H2,1-11H3/t15?,16?,17-,18+,19-,21?,22+,23-,24?,25?,26+,27+,29-,30+,31+/m0/s1. The highest BCUT2D eigenvalue weighted by molar-refractivity contribution is 5.73. The lowest BCUT2D eigenvalue weighted by atomic mass is 9.76. The van der Waals surface area contributed by atoms with E-state index in [1.54, 1.807) is 20.8 Å². The number of fused-ring (bicyclic) bond motifs is 2. The second-order valence-electron chi connectivity index (χ2n) is 13.8. The summed E-state index contributed by atoms with van der Waals surface area (Å²) in [7, 11) is 3.83. The molecular weight excluding hydrogens is 546 g/mol. The smallest absolute Gasteiger partial charge is 0.311 e. The minimum absolute atomic E-state index is 0.0435. The molecule has 0 amide bonds. The molecular formula is C31H55NO10. The van der Waals surface area contributed by atoms with Gasteiger partial charge in [0, 0.05) is 18.8 Å². The summed E-state index contributed by atoms with van der Waals surface area (Å²) in [5.41, 5.74) is -2.69. The average Bonchev–Trinajstić information content (AvgIpc) is 3.22. The number of hydrogen-bond donors (Lipinski definition) is 3. The molecule has 0 aromatic carbocycles. The van der Waals surface area contributed by atoms with Crippen molar-refractivity contribution in [2.75, 3.05) is 14.1 Å². The van der Waals surface area contributed by atoms with E-state index in [0.29, 0.717) is 12.8 Å². The number of hydrogen-bond acceptors (Lipinski definition) is 11. The third-order valence-electron chi connectivity index (χ3n) is 9.91. The molecule has 11 nitrogen and oxygen atoms in total. The van der Waals surface area contributed by atoms with Gasteiger partial charge in [0.25, 0.3) is 0 Å². The molecule has 244 valence electrons. The van der Waals surface area contributed by atoms with Gasteiger partial charge in [-0.15, -0.1) is 0 Å². The molecule has 15 atom stereocenters. The third kappa shape index (κ3) is 6.98. The van der Waals surface area contributed by atoms with E-state index in [2.05, 4.69) is 0 Å². The van der Waals surface area contributed by atoms with E-state index in [1.165, 1.54) is 13.8 Å². The Kier molecular flexibility index (Phi) is 11.2. The molecule has 3 aliphatic heterocycles. The average molecular weight is 602 g/mol. The fourth-order valence-electron chi connectivity index (χ4n) is 7.51. The first kappa shape index (κ1) is 35.1. The van der Waals surface area contributed by atoms with Crippen molar-refractivity contribution in [3.63, 3.8) is 0 Å². The third-order valence-corrected chi connectivity index (χ3v) is 9.91. The van der Waals surface area contributed by atoms with Crippen LogP contribution in [0.4, 0.5) is 0 Å². The molecule has 0 aliphatic carbocycles. The van der Waals surface area contributed by atoms with Crippen molar-refractivity contribution in [3.8, 4) is 0 Å². The van der Waals surface area contributed by atoms with Crippen LogP contribution in [-0.4, -0.2) is 113 Å². The van der Waals surface area contributed by atoms with Gasteiger partial charge in [0.05, 0.1) is 48.1 Å². The molecule has 3 fully saturated rings. The molecule has 3 N–H and O–H groups in total. The van der Waals surface area contributed by atoms with Crippen LogP contribution in [0.3, 0.4) is 0 Å². The van der Waals surface area contributed by atoms with Gasteiger partial charge in [0.15, 0.2) is 12.4 Å². The highest BCUT2D eigenvalue weighted by Crippen LogP contribution is 2.47. The quantitative estimate of drug-likeness (QED) is 0.370. The van der Waals surface area contributed by atoms with E-state index in [0.717, 1.165) is 0 Å². The van der Waals surface area contributed by atoms with Gasteiger partial charge in [0.1, 0.15) is 11.7 Å². The first-order valence-electron chi connectivity index (χ1n) is 15.5. The molecule has 11 heteroatoms. The van der Waals surface area contributed by atoms with Crippen LogP contribution in [0.2, 0.25) is 0 Å². The second kappa shape index (κ2) is 13.3. The zero-order valence-corrected chi connectivity index (χ0v) is 27.3. The van der Waals surface area contributed by atoms with E-state index < -0.39 is 83.8 Å². The Bertz CT molecular complexity index is 945. The van der Waals surface area contributed by atoms with E-state index in [9.17, 15) is 24.9 Å². The van der Waals surface area contributed by atoms with Crippen LogP contribution in [0.5, 0.6) is 0 Å². The Morgan fingerprint density at radius 3 is 2.36 bits per heavy atom. The van der Waals surface area contributed by atoms with Gasteiger partial charge in [-0.2, -0.15) is 0 Å². The van der Waals surface area contributed by atoms with Crippen molar-refractivity contribution >= 4 is 11.9 Å². The summed E-state index contributed by atoms with van der Waals surface area (Å²) in [6, 6.07) is -0.170. The maximum absolute atomic E-state index is 13.5. The monoisotopic (exact) mass is 601 g/mol. The van der Waals surface area contributed by atoms with Gasteiger partial charge >= 0.3 is 11.9 Å². The van der Waals surface area contributed by atoms with Crippen LogP contribution < -0.4 is 0 Å². The van der Waals surface area contributed by atoms with Crippen LogP contribution >= 0.6 is 0 Å². The number of aliphatic hydroxyl groups excluding tert-OH is 2. The molecule has 0 aromatic rings. The fourth-order valence-corrected chi connectivity index (χ4v) is 7.51. The van der Waals surface area contributed by atoms with Crippen molar-refractivity contribution in [2.45, 2.75) is 148 Å². The second-order valence-corrected chi connectivity index (χ2v) is 13.8. The highest BCUT2D eigenvalue weighted by atomic mass is 16.7. The largest absolute Gasteiger partial charge is 0.459 e. The highest BCUT2D eigenvalue weighted by Gasteiger charge is 2.58. The normalized spacial score (nSPS) is 45.5. The van der Waals surface area contributed by atoms with Crippen molar-refractivity contribution in [1.82, 2.24) is 4.90 Å². The van der Waals surface area contributed by atoms with Gasteiger partial charge < -0.3 is 43.9 Å². The number of rotatable bonds is 7. The van der Waals surface area contributed by atoms with Gasteiger partial charge in [0.2, 0.25) is 0 Å². The number of nitrogens with zero attached hydrogens (tertiary/aromatic N) is 1. The van der Waals surface area contributed by atoms with Gasteiger partial charge in [-0.05, 0) is 67.0 Å². The van der Waals surface area contributed by atoms with Crippen LogP contribution in [0.15, 0.2) is 0 Å². The lowest BCUT2D eigenvalue weighted by molar-refractivity contribution is -0.303. The van der Waals surface area contributed by atoms with E-state index in [4.69, 9.17) is 23.7 Å². The zero-order valence-electron chi connectivity index (χ0n) is 27.3. The number of aliphatic hydroxyl groups is 3. The molecule has 0 aromatic heterocycles. The number of esters is 2. The van der Waals surface area contributed by atoms with Gasteiger partial charge in [-0.25, -0.2) is 0 Å². The van der Waals surface area contributed by atoms with E-state index >= 15 is 0 Å². The maximum atomic E-state index is 13.5. The summed E-state index contributed by atoms with van der Waals surface area (Å²) >= 11 is 0. The fraction of sp³-hybridized carbons (Fsp3) is 0.935. The molecule has 3 rings (SSSR count). The summed E-state index contributed by atoms with van der Waals surface area (Å²) in [6.45, 7) is 15.7. The zero-order chi connectivity index (χ0) is 31.9. The summed E-state index contributed by atoms with van der Waals surface area (Å²) in [5.74, 6) is -3.29. The van der Waals surface area contributed by atoms with Crippen LogP contribution in [0, 0.1) is 23.7 Å². The maximum Gasteiger partial charge on any atom is 0.311 e. The first-order chi connectivity index (χ1) is 19.3. The minimum Gasteiger partial charge on any atom is -0.459 e. The number of ether oxygens (including phenoxy) is 5. The van der Waals surface area contributed by atoms with E-state index in [1.807, 2.05) is 46.7 Å². The van der Waals surface area contributed by atoms with Crippen LogP contribution in [0.1, 0.15) is 81.6 Å². The molecule has 42 heavy (non-hydrogen) atoms. The van der Waals surface area contributed by atoms with Crippen molar-refractivity contribution < 1.29 is 48.6 Å². The minimum atomic E-state index is -1.75. The number of carbonyl (C=O) groups excluding carboxylic acids is 2. The number of cyclic esters (lactones) is 1. The van der Waals surface area contributed by atoms with Crippen molar-refractivity contribution in [3.05, 3.63) is 0 Å². The summed E-state index contributed by atoms with van der Waals surface area (Å²) in [4.78, 5) is 27.6. The van der Waals surface area contributed by atoms with Crippen LogP contribution in [0.25, 0.3) is 0 Å². The Balaban J connectivity index is 2.08. The topological polar surface area (TPSA) is 144 Å². The molecule has 0 radical (unpaired) electrons. The predicted molar refractivity (Wildman–Crippen MR) is 154 cm³/mol. The Hall–Kier alpha value is -1.34. The lowest BCUT2D eigenvalue weighted by Crippen LogP contribution is -2.59. The van der Waals surface area contributed by atoms with Crippen molar-refractivity contribution in [2.24, 2.45) is 23.7 Å². The summed E-state index contributed by atoms with van der Waals surface area (Å²) < 4.78 is 31.5. The van der Waals surface area contributed by atoms with E-state index in [-0.39, 0.29) is 24.5 Å². The predicted octanol–water partition coefficient (Wildman–Crippen LogP) is 2.27. The molecule has 3 saturated heterocycles. The summed E-state index contributed by atoms with van der Waals surface area (Å²) in [6.07, 6.45) is -5.09. The Labute approximate surface area is 251 Å². The molecule has 0 saturated carbocycles. The molecule has 2 bridgehead atoms. The van der Waals surface area contributed by atoms with Gasteiger partial charge in [-0.3, -0.25) is 9.59 Å². The molecule has 5 unspecified atom stereocenters. The Morgan fingerprint density at radius 1 is 1.19 bits per heavy atom. The van der Waals surface area contributed by atoms with Crippen molar-refractivity contribution in [1.29, 1.82) is 0 Å². The lowest BCUT2D eigenvalue weighted by Gasteiger charge is -2.47. The SMILES string of the molecule is CC[C@@H](O)[C@@](C)(O)[C@@H]1OC(=O)[C@H](C)[C@@H](O)[C@H](C)[C@@H](O[C@@H]2OC(C)CC(N(C)C)C2OC(C)=O)[C@@]2(C)CC(C)C(O2)[C@@H]1C. The molecule has 3 heterocycles. The van der Waals surface area contributed by atoms with Crippen LogP contribution in [-0.2, 0) is 33.3 Å².